The summed E-state index contributed by atoms with van der Waals surface area (Å²) in [6.45, 7) is -1.41. The van der Waals surface area contributed by atoms with Gasteiger partial charge in [0.15, 0.2) is 9.84 Å². The number of amides is 3. The number of phosphoric acid groups is 1. The third-order valence-electron chi connectivity index (χ3n) is 5.10. The van der Waals surface area contributed by atoms with Crippen LogP contribution in [-0.4, -0.2) is 137 Å². The van der Waals surface area contributed by atoms with E-state index in [-0.39, 0.29) is 45.0 Å². The number of carbonyl (C=O) groups is 3. The highest BCUT2D eigenvalue weighted by Crippen LogP contribution is 2.42. The number of pyridine rings is 1. The van der Waals surface area contributed by atoms with Crippen molar-refractivity contribution in [1.82, 2.24) is 20.5 Å². The van der Waals surface area contributed by atoms with Crippen molar-refractivity contribution in [2.24, 2.45) is 0 Å². The maximum absolute atomic E-state index is 12.4. The molecule has 0 bridgehead atoms. The highest BCUT2D eigenvalue weighted by Gasteiger charge is 2.26. The molecular formula is C23H36N6O12PS+. The summed E-state index contributed by atoms with van der Waals surface area (Å²) in [4.78, 5) is 61.2. The third kappa shape index (κ3) is 15.0. The van der Waals surface area contributed by atoms with Crippen LogP contribution in [0.1, 0.15) is 10.4 Å². The molecule has 0 fully saturated rings. The topological polar surface area (TPSA) is 234 Å². The van der Waals surface area contributed by atoms with Gasteiger partial charge >= 0.3 is 13.5 Å². The highest BCUT2D eigenvalue weighted by atomic mass is 32.2. The van der Waals surface area contributed by atoms with E-state index in [0.29, 0.717) is 11.0 Å². The Labute approximate surface area is 248 Å². The Kier molecular flexibility index (Phi) is 14.8. The molecule has 43 heavy (non-hydrogen) atoms. The Morgan fingerprint density at radius 1 is 1.19 bits per heavy atom. The quantitative estimate of drug-likeness (QED) is 0.0389. The zero-order valence-electron chi connectivity index (χ0n) is 24.2. The standard InChI is InChI=1S/C23H35N6O12PS/c1-6-9-27(10-12-40-42(35,36)41-13-11-29(2,3)4)21(31)17-39-16-20(30)24-7-8-25-22(32)18-14-19(28(33)34)23(26-15-18)43(5,37)38/h1,14-15H,7-13,16-17H2,2-5H3,(H2-,24,25,30,32,35,36)/p+1. The summed E-state index contributed by atoms with van der Waals surface area (Å²) < 4.78 is 50.6. The number of likely N-dealkylation sites (N-methyl/N-ethyl adjacent to an activating group) is 1. The Morgan fingerprint density at radius 2 is 1.81 bits per heavy atom. The maximum Gasteiger partial charge on any atom is 0.472 e. The lowest BCUT2D eigenvalue weighted by Gasteiger charge is -2.24. The van der Waals surface area contributed by atoms with Gasteiger partial charge in [-0.05, 0) is 0 Å². The number of phosphoric ester groups is 1. The Bertz CT molecular complexity index is 1360. The molecule has 0 aromatic carbocycles. The molecule has 0 spiro atoms. The fourth-order valence-electron chi connectivity index (χ4n) is 2.97. The van der Waals surface area contributed by atoms with Crippen LogP contribution in [-0.2, 0) is 37.8 Å². The van der Waals surface area contributed by atoms with Crippen LogP contribution in [0.2, 0.25) is 0 Å². The third-order valence-corrected chi connectivity index (χ3v) is 7.14. The van der Waals surface area contributed by atoms with Crippen LogP contribution in [0.15, 0.2) is 17.3 Å². The largest absolute Gasteiger partial charge is 0.472 e. The number of ether oxygens (including phenoxy) is 1. The van der Waals surface area contributed by atoms with E-state index in [2.05, 4.69) is 21.5 Å². The van der Waals surface area contributed by atoms with Crippen LogP contribution in [0.3, 0.4) is 0 Å². The average Bonchev–Trinajstić information content (AvgIpc) is 2.88. The number of nitrogens with one attached hydrogen (secondary N) is 2. The predicted octanol–water partition coefficient (Wildman–Crippen LogP) is -1.44. The molecule has 1 rings (SSSR count). The van der Waals surface area contributed by atoms with Crippen molar-refractivity contribution in [3.05, 3.63) is 27.9 Å². The van der Waals surface area contributed by atoms with Crippen LogP contribution >= 0.6 is 7.82 Å². The number of aromatic nitrogens is 1. The van der Waals surface area contributed by atoms with Crippen molar-refractivity contribution >= 4 is 41.1 Å². The first kappa shape index (κ1) is 37.5. The molecule has 0 radical (unpaired) electrons. The van der Waals surface area contributed by atoms with Crippen molar-refractivity contribution in [2.45, 2.75) is 5.03 Å². The van der Waals surface area contributed by atoms with E-state index >= 15 is 0 Å². The molecule has 3 N–H and O–H groups in total. The van der Waals surface area contributed by atoms with Gasteiger partial charge in [-0.2, -0.15) is 0 Å². The van der Waals surface area contributed by atoms with Crippen LogP contribution in [0.4, 0.5) is 5.69 Å². The number of terminal acetylenes is 1. The van der Waals surface area contributed by atoms with E-state index in [1.54, 1.807) is 0 Å². The van der Waals surface area contributed by atoms with Gasteiger partial charge in [-0.3, -0.25) is 33.5 Å². The van der Waals surface area contributed by atoms with Crippen molar-refractivity contribution < 1.29 is 55.5 Å². The Morgan fingerprint density at radius 3 is 2.40 bits per heavy atom. The second-order valence-corrected chi connectivity index (χ2v) is 13.2. The zero-order chi connectivity index (χ0) is 32.8. The first-order valence-corrected chi connectivity index (χ1v) is 15.9. The van der Waals surface area contributed by atoms with Gasteiger partial charge in [0.05, 0.1) is 44.8 Å². The Balaban J connectivity index is 2.42. The number of rotatable bonds is 19. The van der Waals surface area contributed by atoms with E-state index < -0.39 is 64.2 Å². The minimum Gasteiger partial charge on any atom is -0.362 e. The molecule has 0 saturated carbocycles. The van der Waals surface area contributed by atoms with Crippen LogP contribution < -0.4 is 10.6 Å². The normalized spacial score (nSPS) is 12.9. The van der Waals surface area contributed by atoms with Crippen molar-refractivity contribution in [2.75, 3.05) is 86.6 Å². The van der Waals surface area contributed by atoms with Crippen molar-refractivity contribution in [3.8, 4) is 12.3 Å². The second-order valence-electron chi connectivity index (χ2n) is 9.84. The highest BCUT2D eigenvalue weighted by molar-refractivity contribution is 7.90. The van der Waals surface area contributed by atoms with E-state index in [1.807, 2.05) is 21.1 Å². The molecule has 0 aliphatic carbocycles. The molecule has 3 amide bonds. The monoisotopic (exact) mass is 651 g/mol. The smallest absolute Gasteiger partial charge is 0.362 e. The molecule has 0 aliphatic heterocycles. The van der Waals surface area contributed by atoms with E-state index in [1.165, 1.54) is 0 Å². The molecule has 1 heterocycles. The minimum atomic E-state index is -4.33. The van der Waals surface area contributed by atoms with Gasteiger partial charge in [-0.1, -0.05) is 5.92 Å². The SMILES string of the molecule is C#CCN(CCOP(=O)(O)OCC[N+](C)(C)C)C(=O)COCC(=O)NCCNC(=O)c1cnc(S(C)(=O)=O)c([N+](=O)[O-])c1. The number of quaternary nitrogens is 1. The molecule has 1 aromatic rings. The number of hydrogen-bond acceptors (Lipinski definition) is 12. The molecule has 1 aromatic heterocycles. The first-order chi connectivity index (χ1) is 19.9. The predicted molar refractivity (Wildman–Crippen MR) is 150 cm³/mol. The number of nitrogens with zero attached hydrogens (tertiary/aromatic N) is 4. The summed E-state index contributed by atoms with van der Waals surface area (Å²) in [6.07, 6.45) is 6.89. The number of hydrogen-bond donors (Lipinski definition) is 3. The summed E-state index contributed by atoms with van der Waals surface area (Å²) in [5.41, 5.74) is -1.11. The van der Waals surface area contributed by atoms with Crippen molar-refractivity contribution in [1.29, 1.82) is 0 Å². The van der Waals surface area contributed by atoms with Gasteiger partial charge in [0.25, 0.3) is 5.91 Å². The molecule has 0 aliphatic rings. The Hall–Kier alpha value is -3.50. The van der Waals surface area contributed by atoms with Gasteiger partial charge in [-0.25, -0.2) is 18.0 Å². The molecule has 20 heteroatoms. The summed E-state index contributed by atoms with van der Waals surface area (Å²) in [6, 6.07) is 0.779. The van der Waals surface area contributed by atoms with Crippen molar-refractivity contribution in [3.63, 3.8) is 0 Å². The fourth-order valence-corrected chi connectivity index (χ4v) is 4.43. The van der Waals surface area contributed by atoms with Crippen LogP contribution in [0.5, 0.6) is 0 Å². The van der Waals surface area contributed by atoms with E-state index in [4.69, 9.17) is 20.2 Å². The molecular weight excluding hydrogens is 615 g/mol. The molecule has 240 valence electrons. The fraction of sp³-hybridized carbons (Fsp3) is 0.565. The van der Waals surface area contributed by atoms with Gasteiger partial charge in [0.2, 0.25) is 16.8 Å². The lowest BCUT2D eigenvalue weighted by molar-refractivity contribution is -0.870. The number of sulfone groups is 1. The molecule has 1 atom stereocenters. The van der Waals surface area contributed by atoms with E-state index in [9.17, 15) is 42.4 Å². The number of nitro groups is 1. The van der Waals surface area contributed by atoms with Gasteiger partial charge in [0.1, 0.15) is 26.4 Å². The van der Waals surface area contributed by atoms with Gasteiger partial charge < -0.3 is 29.6 Å². The lowest BCUT2D eigenvalue weighted by Crippen LogP contribution is -2.39. The maximum atomic E-state index is 12.4. The first-order valence-electron chi connectivity index (χ1n) is 12.5. The zero-order valence-corrected chi connectivity index (χ0v) is 25.9. The van der Waals surface area contributed by atoms with Crippen LogP contribution in [0.25, 0.3) is 0 Å². The van der Waals surface area contributed by atoms with Gasteiger partial charge in [0, 0.05) is 38.2 Å². The molecule has 0 saturated heterocycles. The molecule has 18 nitrogen and oxygen atoms in total. The second kappa shape index (κ2) is 17.0. The van der Waals surface area contributed by atoms with Crippen LogP contribution in [0, 0.1) is 22.5 Å². The average molecular weight is 652 g/mol. The summed E-state index contributed by atoms with van der Waals surface area (Å²) >= 11 is 0. The number of carbonyl (C=O) groups excluding carboxylic acids is 3. The van der Waals surface area contributed by atoms with E-state index in [0.717, 1.165) is 23.4 Å². The summed E-state index contributed by atoms with van der Waals surface area (Å²) in [5, 5.41) is 15.2. The minimum absolute atomic E-state index is 0.0179. The molecule has 1 unspecified atom stereocenters. The summed E-state index contributed by atoms with van der Waals surface area (Å²) in [7, 11) is -2.68. The van der Waals surface area contributed by atoms with Gasteiger partial charge in [-0.15, -0.1) is 6.42 Å². The summed E-state index contributed by atoms with van der Waals surface area (Å²) in [5.74, 6) is 0.242. The lowest BCUT2D eigenvalue weighted by atomic mass is 10.2.